The van der Waals surface area contributed by atoms with E-state index in [0.29, 0.717) is 13.1 Å². The molecule has 4 amide bonds. The lowest BCUT2D eigenvalue weighted by Crippen LogP contribution is -2.74. The molecular formula is C14H26N4O2. The minimum absolute atomic E-state index is 0.0121. The number of hydrogen-bond acceptors (Lipinski definition) is 2. The van der Waals surface area contributed by atoms with Crippen molar-refractivity contribution in [3.63, 3.8) is 0 Å². The molecule has 0 aliphatic carbocycles. The lowest BCUT2D eigenvalue weighted by molar-refractivity contribution is -0.0704. The highest BCUT2D eigenvalue weighted by molar-refractivity contribution is 5.80. The molecule has 2 fully saturated rings. The van der Waals surface area contributed by atoms with Gasteiger partial charge in [-0.2, -0.15) is 0 Å². The largest absolute Gasteiger partial charge is 0.324 e. The van der Waals surface area contributed by atoms with Crippen molar-refractivity contribution >= 4 is 12.1 Å². The molecule has 20 heavy (non-hydrogen) atoms. The molecule has 0 saturated carbocycles. The van der Waals surface area contributed by atoms with Crippen LogP contribution < -0.4 is 0 Å². The van der Waals surface area contributed by atoms with Crippen LogP contribution in [-0.2, 0) is 0 Å². The summed E-state index contributed by atoms with van der Waals surface area (Å²) in [6.45, 7) is 9.46. The van der Waals surface area contributed by atoms with Crippen LogP contribution in [0.1, 0.15) is 27.7 Å². The Bertz CT molecular complexity index is 414. The van der Waals surface area contributed by atoms with Gasteiger partial charge in [-0.3, -0.25) is 0 Å². The first kappa shape index (κ1) is 14.9. The Balaban J connectivity index is 2.45. The van der Waals surface area contributed by atoms with E-state index in [4.69, 9.17) is 0 Å². The summed E-state index contributed by atoms with van der Waals surface area (Å²) in [6, 6.07) is 0.283. The summed E-state index contributed by atoms with van der Waals surface area (Å²) in [7, 11) is 3.66. The van der Waals surface area contributed by atoms with Gasteiger partial charge in [0.1, 0.15) is 6.17 Å². The number of amides is 4. The molecule has 2 heterocycles. The second-order valence-electron chi connectivity index (χ2n) is 5.83. The maximum atomic E-state index is 12.5. The summed E-state index contributed by atoms with van der Waals surface area (Å²) in [5, 5.41) is 0. The lowest BCUT2D eigenvalue weighted by Gasteiger charge is -2.58. The average molecular weight is 282 g/mol. The van der Waals surface area contributed by atoms with Crippen LogP contribution >= 0.6 is 0 Å². The number of urea groups is 2. The molecule has 4 atom stereocenters. The first-order valence-corrected chi connectivity index (χ1v) is 7.43. The van der Waals surface area contributed by atoms with Crippen LogP contribution in [0.5, 0.6) is 0 Å². The third kappa shape index (κ3) is 1.84. The summed E-state index contributed by atoms with van der Waals surface area (Å²) < 4.78 is 0. The van der Waals surface area contributed by atoms with Crippen molar-refractivity contribution in [2.24, 2.45) is 5.92 Å². The minimum atomic E-state index is -0.135. The summed E-state index contributed by atoms with van der Waals surface area (Å²) in [5.41, 5.74) is 0. The Hall–Kier alpha value is -1.46. The van der Waals surface area contributed by atoms with Gasteiger partial charge in [0.2, 0.25) is 0 Å². The molecule has 4 unspecified atom stereocenters. The van der Waals surface area contributed by atoms with Gasteiger partial charge in [-0.25, -0.2) is 9.59 Å². The first-order chi connectivity index (χ1) is 9.36. The van der Waals surface area contributed by atoms with Gasteiger partial charge in [0, 0.05) is 45.2 Å². The van der Waals surface area contributed by atoms with Crippen molar-refractivity contribution in [1.82, 2.24) is 19.6 Å². The van der Waals surface area contributed by atoms with Gasteiger partial charge >= 0.3 is 12.1 Å². The van der Waals surface area contributed by atoms with Gasteiger partial charge in [0.15, 0.2) is 0 Å². The SMILES string of the molecule is CCN1C(=O)N(C)C2C(C(C)N(C)C(=O)N2CC)C1C. The topological polar surface area (TPSA) is 47.1 Å². The summed E-state index contributed by atoms with van der Waals surface area (Å²) in [6.07, 6.45) is -0.135. The van der Waals surface area contributed by atoms with Crippen LogP contribution in [0.3, 0.4) is 0 Å². The van der Waals surface area contributed by atoms with E-state index in [-0.39, 0.29) is 36.2 Å². The number of hydrogen-bond donors (Lipinski definition) is 0. The minimum Gasteiger partial charge on any atom is -0.324 e. The molecule has 0 N–H and O–H groups in total. The molecule has 0 aromatic heterocycles. The monoisotopic (exact) mass is 282 g/mol. The van der Waals surface area contributed by atoms with Crippen LogP contribution in [0.2, 0.25) is 0 Å². The zero-order valence-corrected chi connectivity index (χ0v) is 13.3. The van der Waals surface area contributed by atoms with E-state index in [0.717, 1.165) is 0 Å². The van der Waals surface area contributed by atoms with Gasteiger partial charge in [-0.1, -0.05) is 0 Å². The van der Waals surface area contributed by atoms with Crippen molar-refractivity contribution in [3.8, 4) is 0 Å². The maximum Gasteiger partial charge on any atom is 0.321 e. The number of rotatable bonds is 2. The first-order valence-electron chi connectivity index (χ1n) is 7.43. The van der Waals surface area contributed by atoms with E-state index in [1.807, 2.05) is 37.7 Å². The number of carbonyl (C=O) groups is 2. The van der Waals surface area contributed by atoms with Gasteiger partial charge in [0.05, 0.1) is 0 Å². The Morgan fingerprint density at radius 3 is 1.85 bits per heavy atom. The van der Waals surface area contributed by atoms with Crippen molar-refractivity contribution in [3.05, 3.63) is 0 Å². The van der Waals surface area contributed by atoms with Crippen LogP contribution in [0.25, 0.3) is 0 Å². The van der Waals surface area contributed by atoms with Gasteiger partial charge in [-0.05, 0) is 27.7 Å². The normalized spacial score (nSPS) is 34.7. The summed E-state index contributed by atoms with van der Waals surface area (Å²) >= 11 is 0. The fourth-order valence-corrected chi connectivity index (χ4v) is 3.77. The van der Waals surface area contributed by atoms with Crippen molar-refractivity contribution in [2.75, 3.05) is 27.2 Å². The smallest absolute Gasteiger partial charge is 0.321 e. The molecule has 2 aliphatic rings. The van der Waals surface area contributed by atoms with Gasteiger partial charge in [0.25, 0.3) is 0 Å². The molecule has 0 bridgehead atoms. The number of nitrogens with zero attached hydrogens (tertiary/aromatic N) is 4. The Morgan fingerprint density at radius 1 is 0.850 bits per heavy atom. The third-order valence-electron chi connectivity index (χ3n) is 5.05. The highest BCUT2D eigenvalue weighted by Crippen LogP contribution is 2.36. The molecule has 114 valence electrons. The van der Waals surface area contributed by atoms with E-state index in [2.05, 4.69) is 13.8 Å². The number of fused-ring (bicyclic) bond motifs is 1. The molecule has 2 aliphatic heterocycles. The van der Waals surface area contributed by atoms with Crippen LogP contribution in [0.15, 0.2) is 0 Å². The maximum absolute atomic E-state index is 12.5. The number of carbonyl (C=O) groups excluding carboxylic acids is 2. The molecule has 0 aromatic carbocycles. The van der Waals surface area contributed by atoms with E-state index in [9.17, 15) is 9.59 Å². The molecular weight excluding hydrogens is 256 g/mol. The Kier molecular flexibility index (Phi) is 3.84. The van der Waals surface area contributed by atoms with E-state index in [1.54, 1.807) is 9.80 Å². The predicted molar refractivity (Wildman–Crippen MR) is 77.3 cm³/mol. The molecule has 0 radical (unpaired) electrons. The average Bonchev–Trinajstić information content (AvgIpc) is 2.42. The predicted octanol–water partition coefficient (Wildman–Crippen LogP) is 1.48. The van der Waals surface area contributed by atoms with E-state index < -0.39 is 0 Å². The molecule has 6 nitrogen and oxygen atoms in total. The third-order valence-corrected chi connectivity index (χ3v) is 5.05. The second-order valence-corrected chi connectivity index (χ2v) is 5.83. The lowest BCUT2D eigenvalue weighted by atomic mass is 9.83. The van der Waals surface area contributed by atoms with Crippen molar-refractivity contribution in [1.29, 1.82) is 0 Å². The van der Waals surface area contributed by atoms with Crippen LogP contribution in [0.4, 0.5) is 9.59 Å². The molecule has 0 spiro atoms. The highest BCUT2D eigenvalue weighted by atomic mass is 16.2. The molecule has 2 saturated heterocycles. The zero-order valence-electron chi connectivity index (χ0n) is 13.3. The van der Waals surface area contributed by atoms with Crippen LogP contribution in [-0.4, -0.2) is 77.1 Å². The van der Waals surface area contributed by atoms with Gasteiger partial charge in [-0.15, -0.1) is 0 Å². The highest BCUT2D eigenvalue weighted by Gasteiger charge is 2.53. The summed E-state index contributed by atoms with van der Waals surface area (Å²) in [5.74, 6) is 0.236. The zero-order chi connectivity index (χ0) is 15.2. The summed E-state index contributed by atoms with van der Waals surface area (Å²) in [4.78, 5) is 32.2. The fraction of sp³-hybridized carbons (Fsp3) is 0.857. The second kappa shape index (κ2) is 5.14. The van der Waals surface area contributed by atoms with Crippen LogP contribution in [0, 0.1) is 5.92 Å². The Labute approximate surface area is 121 Å². The standard InChI is InChI=1S/C14H26N4O2/c1-7-17-10(4)11-9(3)15(5)13(19)18(8-2)12(11)16(6)14(17)20/h9-12H,7-8H2,1-6H3. The van der Waals surface area contributed by atoms with E-state index >= 15 is 0 Å². The fourth-order valence-electron chi connectivity index (χ4n) is 3.77. The Morgan fingerprint density at radius 2 is 1.35 bits per heavy atom. The van der Waals surface area contributed by atoms with E-state index in [1.165, 1.54) is 0 Å². The molecule has 6 heteroatoms. The van der Waals surface area contributed by atoms with Crippen molar-refractivity contribution < 1.29 is 9.59 Å². The molecule has 2 rings (SSSR count). The quantitative estimate of drug-likeness (QED) is 0.770. The van der Waals surface area contributed by atoms with Gasteiger partial charge < -0.3 is 19.6 Å². The molecule has 0 aromatic rings. The van der Waals surface area contributed by atoms with Crippen molar-refractivity contribution in [2.45, 2.75) is 45.9 Å².